The van der Waals surface area contributed by atoms with Crippen molar-refractivity contribution in [1.82, 2.24) is 15.1 Å². The molecule has 4 rings (SSSR count). The summed E-state index contributed by atoms with van der Waals surface area (Å²) in [4.78, 5) is 26.6. The predicted octanol–water partition coefficient (Wildman–Crippen LogP) is 1.59. The van der Waals surface area contributed by atoms with Gasteiger partial charge in [-0.3, -0.25) is 9.59 Å². The van der Waals surface area contributed by atoms with E-state index in [1.807, 2.05) is 0 Å². The Hall–Kier alpha value is -2.70. The van der Waals surface area contributed by atoms with E-state index >= 15 is 0 Å². The number of nitrogens with one attached hydrogen (secondary N) is 1. The first-order valence-corrected chi connectivity index (χ1v) is 9.31. The van der Waals surface area contributed by atoms with Gasteiger partial charge in [0.05, 0.1) is 17.3 Å². The van der Waals surface area contributed by atoms with Gasteiger partial charge in [-0.2, -0.15) is 5.10 Å². The van der Waals surface area contributed by atoms with Gasteiger partial charge >= 0.3 is 0 Å². The summed E-state index contributed by atoms with van der Waals surface area (Å²) in [6, 6.07) is 8.13. The van der Waals surface area contributed by atoms with Crippen molar-refractivity contribution in [2.75, 3.05) is 24.5 Å². The van der Waals surface area contributed by atoms with Gasteiger partial charge in [0.1, 0.15) is 5.82 Å². The average molecular weight is 370 g/mol. The molecule has 1 saturated carbocycles. The number of hydrogen-bond donors (Lipinski definition) is 1. The van der Waals surface area contributed by atoms with Gasteiger partial charge < -0.3 is 10.2 Å². The SMILES string of the molecule is Cn1ncc(N2CC[C@H](CNC(=O)C3(c4ccccc4F)CC3)C2)cc1=O. The molecule has 1 aromatic heterocycles. The van der Waals surface area contributed by atoms with E-state index in [1.165, 1.54) is 10.7 Å². The maximum atomic E-state index is 14.1. The lowest BCUT2D eigenvalue weighted by molar-refractivity contribution is -0.123. The van der Waals surface area contributed by atoms with E-state index in [1.54, 1.807) is 37.5 Å². The summed E-state index contributed by atoms with van der Waals surface area (Å²) in [5.41, 5.74) is 0.489. The van der Waals surface area contributed by atoms with Crippen LogP contribution in [0.1, 0.15) is 24.8 Å². The number of anilines is 1. The van der Waals surface area contributed by atoms with Crippen LogP contribution in [0.25, 0.3) is 0 Å². The summed E-state index contributed by atoms with van der Waals surface area (Å²) < 4.78 is 15.4. The molecule has 2 aromatic rings. The van der Waals surface area contributed by atoms with Gasteiger partial charge in [0.25, 0.3) is 5.56 Å². The first-order valence-electron chi connectivity index (χ1n) is 9.31. The van der Waals surface area contributed by atoms with Crippen LogP contribution in [0.3, 0.4) is 0 Å². The minimum absolute atomic E-state index is 0.0821. The Balaban J connectivity index is 1.36. The molecule has 0 bridgehead atoms. The van der Waals surface area contributed by atoms with Crippen molar-refractivity contribution in [2.24, 2.45) is 13.0 Å². The third-order valence-electron chi connectivity index (χ3n) is 5.73. The Morgan fingerprint density at radius 3 is 2.85 bits per heavy atom. The summed E-state index contributed by atoms with van der Waals surface area (Å²) in [5.74, 6) is -0.0916. The largest absolute Gasteiger partial charge is 0.370 e. The Kier molecular flexibility index (Phi) is 4.45. The number of carbonyl (C=O) groups is 1. The fraction of sp³-hybridized carbons (Fsp3) is 0.450. The van der Waals surface area contributed by atoms with Gasteiger partial charge in [0, 0.05) is 38.3 Å². The lowest BCUT2D eigenvalue weighted by Gasteiger charge is -2.20. The van der Waals surface area contributed by atoms with Gasteiger partial charge in [-0.1, -0.05) is 18.2 Å². The lowest BCUT2D eigenvalue weighted by Crippen LogP contribution is -2.38. The number of nitrogens with zero attached hydrogens (tertiary/aromatic N) is 3. The molecule has 142 valence electrons. The van der Waals surface area contributed by atoms with Crippen molar-refractivity contribution in [3.8, 4) is 0 Å². The van der Waals surface area contributed by atoms with E-state index in [2.05, 4.69) is 15.3 Å². The molecule has 1 aliphatic heterocycles. The molecule has 0 spiro atoms. The van der Waals surface area contributed by atoms with Gasteiger partial charge in [0.2, 0.25) is 5.91 Å². The maximum Gasteiger partial charge on any atom is 0.268 e. The molecular formula is C20H23FN4O2. The van der Waals surface area contributed by atoms with Crippen LogP contribution in [0, 0.1) is 11.7 Å². The minimum Gasteiger partial charge on any atom is -0.370 e. The molecule has 1 atom stereocenters. The zero-order valence-electron chi connectivity index (χ0n) is 15.3. The van der Waals surface area contributed by atoms with Gasteiger partial charge in [0.15, 0.2) is 0 Å². The quantitative estimate of drug-likeness (QED) is 0.868. The molecule has 0 radical (unpaired) electrons. The van der Waals surface area contributed by atoms with E-state index < -0.39 is 5.41 Å². The van der Waals surface area contributed by atoms with Crippen LogP contribution in [-0.4, -0.2) is 35.3 Å². The van der Waals surface area contributed by atoms with Crippen molar-refractivity contribution >= 4 is 11.6 Å². The second-order valence-electron chi connectivity index (χ2n) is 7.55. The van der Waals surface area contributed by atoms with Crippen molar-refractivity contribution in [2.45, 2.75) is 24.7 Å². The number of benzene rings is 1. The molecule has 1 N–H and O–H groups in total. The summed E-state index contributed by atoms with van der Waals surface area (Å²) in [5, 5.41) is 7.09. The second-order valence-corrected chi connectivity index (χ2v) is 7.55. The number of hydrogen-bond acceptors (Lipinski definition) is 4. The third-order valence-corrected chi connectivity index (χ3v) is 5.73. The van der Waals surface area contributed by atoms with Crippen LogP contribution in [0.4, 0.5) is 10.1 Å². The molecular weight excluding hydrogens is 347 g/mol. The molecule has 2 heterocycles. The van der Waals surface area contributed by atoms with Gasteiger partial charge in [-0.25, -0.2) is 9.07 Å². The highest BCUT2D eigenvalue weighted by Crippen LogP contribution is 2.49. The predicted molar refractivity (Wildman–Crippen MR) is 100 cm³/mol. The Bertz CT molecular complexity index is 922. The van der Waals surface area contributed by atoms with Crippen molar-refractivity contribution < 1.29 is 9.18 Å². The van der Waals surface area contributed by atoms with Crippen LogP contribution in [0.2, 0.25) is 0 Å². The van der Waals surface area contributed by atoms with Crippen LogP contribution in [0.5, 0.6) is 0 Å². The van der Waals surface area contributed by atoms with Crippen molar-refractivity contribution in [3.63, 3.8) is 0 Å². The van der Waals surface area contributed by atoms with Crippen LogP contribution < -0.4 is 15.8 Å². The first kappa shape index (κ1) is 17.7. The van der Waals surface area contributed by atoms with E-state index in [0.29, 0.717) is 30.9 Å². The lowest BCUT2D eigenvalue weighted by atomic mass is 9.94. The Morgan fingerprint density at radius 1 is 1.37 bits per heavy atom. The van der Waals surface area contributed by atoms with E-state index in [-0.39, 0.29) is 17.3 Å². The molecule has 1 amide bonds. The normalized spacial score (nSPS) is 20.5. The highest BCUT2D eigenvalue weighted by atomic mass is 19.1. The molecule has 2 fully saturated rings. The molecule has 0 unspecified atom stereocenters. The van der Waals surface area contributed by atoms with E-state index in [0.717, 1.165) is 25.2 Å². The summed E-state index contributed by atoms with van der Waals surface area (Å²) in [6.45, 7) is 2.15. The van der Waals surface area contributed by atoms with Crippen molar-refractivity contribution in [3.05, 3.63) is 58.3 Å². The minimum atomic E-state index is -0.695. The molecule has 1 aliphatic carbocycles. The van der Waals surface area contributed by atoms with Crippen molar-refractivity contribution in [1.29, 1.82) is 0 Å². The number of carbonyl (C=O) groups excluding carboxylic acids is 1. The number of rotatable bonds is 5. The highest BCUT2D eigenvalue weighted by Gasteiger charge is 2.52. The highest BCUT2D eigenvalue weighted by molar-refractivity contribution is 5.91. The standard InChI is InChI=1S/C20H23FN4O2/c1-24-18(26)10-15(12-23-24)25-9-6-14(13-25)11-22-19(27)20(7-8-20)16-4-2-3-5-17(16)21/h2-5,10,12,14H,6-9,11,13H2,1H3,(H,22,27)/t14-/m1/s1. The molecule has 2 aliphatic rings. The number of halogens is 1. The molecule has 6 nitrogen and oxygen atoms in total. The topological polar surface area (TPSA) is 67.2 Å². The molecule has 1 saturated heterocycles. The third kappa shape index (κ3) is 3.34. The second kappa shape index (κ2) is 6.79. The monoisotopic (exact) mass is 370 g/mol. The summed E-state index contributed by atoms with van der Waals surface area (Å²) >= 11 is 0. The smallest absolute Gasteiger partial charge is 0.268 e. The molecule has 7 heteroatoms. The Labute approximate surface area is 157 Å². The Morgan fingerprint density at radius 2 is 2.15 bits per heavy atom. The average Bonchev–Trinajstić information content (AvgIpc) is 3.33. The van der Waals surface area contributed by atoms with Crippen LogP contribution in [0.15, 0.2) is 41.3 Å². The zero-order chi connectivity index (χ0) is 19.0. The number of amides is 1. The molecule has 27 heavy (non-hydrogen) atoms. The maximum absolute atomic E-state index is 14.1. The van der Waals surface area contributed by atoms with Gasteiger partial charge in [-0.05, 0) is 31.2 Å². The number of aromatic nitrogens is 2. The van der Waals surface area contributed by atoms with E-state index in [4.69, 9.17) is 0 Å². The van der Waals surface area contributed by atoms with Crippen LogP contribution >= 0.6 is 0 Å². The first-order chi connectivity index (χ1) is 13.0. The van der Waals surface area contributed by atoms with Crippen LogP contribution in [-0.2, 0) is 17.3 Å². The fourth-order valence-electron chi connectivity index (χ4n) is 3.87. The fourth-order valence-corrected chi connectivity index (χ4v) is 3.87. The number of aryl methyl sites for hydroxylation is 1. The van der Waals surface area contributed by atoms with E-state index in [9.17, 15) is 14.0 Å². The summed E-state index contributed by atoms with van der Waals surface area (Å²) in [6.07, 6.45) is 4.01. The summed E-state index contributed by atoms with van der Waals surface area (Å²) in [7, 11) is 1.62. The molecule has 1 aromatic carbocycles. The van der Waals surface area contributed by atoms with Gasteiger partial charge in [-0.15, -0.1) is 0 Å². The zero-order valence-corrected chi connectivity index (χ0v) is 15.3.